The Kier molecular flexibility index (Phi) is 4.46. The van der Waals surface area contributed by atoms with E-state index in [4.69, 9.17) is 18.8 Å². The molecule has 50 heavy (non-hydrogen) atoms. The van der Waals surface area contributed by atoms with E-state index in [2.05, 4.69) is 114 Å². The van der Waals surface area contributed by atoms with E-state index in [1.165, 1.54) is 52.8 Å². The number of fused-ring (bicyclic) bond motifs is 7. The molecule has 0 spiro atoms. The summed E-state index contributed by atoms with van der Waals surface area (Å²) in [5, 5.41) is 10.5. The predicted molar refractivity (Wildman–Crippen MR) is 206 cm³/mol. The number of para-hydroxylation sites is 1. The lowest BCUT2D eigenvalue weighted by molar-refractivity contribution is 0.652. The second-order valence-electron chi connectivity index (χ2n) is 13.2. The van der Waals surface area contributed by atoms with Crippen molar-refractivity contribution in [3.8, 4) is 28.2 Å². The molecule has 5 nitrogen and oxygen atoms in total. The molecule has 7 aromatic carbocycles. The van der Waals surface area contributed by atoms with Gasteiger partial charge in [-0.2, -0.15) is 4.98 Å². The highest BCUT2D eigenvalue weighted by Gasteiger charge is 2.29. The van der Waals surface area contributed by atoms with Crippen LogP contribution in [0.5, 0.6) is 0 Å². The van der Waals surface area contributed by atoms with Crippen molar-refractivity contribution in [2.75, 3.05) is 0 Å². The van der Waals surface area contributed by atoms with Crippen molar-refractivity contribution in [3.05, 3.63) is 127 Å². The first-order valence-corrected chi connectivity index (χ1v) is 17.6. The van der Waals surface area contributed by atoms with Crippen LogP contribution in [0.4, 0.5) is 0 Å². The number of rotatable bonds is 2. The molecule has 6 heteroatoms. The van der Waals surface area contributed by atoms with Crippen LogP contribution in [0.3, 0.4) is 0 Å². The average Bonchev–Trinajstić information content (AvgIpc) is 3.90. The third-order valence-electron chi connectivity index (χ3n) is 10.8. The van der Waals surface area contributed by atoms with Gasteiger partial charge < -0.3 is 8.83 Å². The fourth-order valence-corrected chi connectivity index (χ4v) is 9.91. The maximum absolute atomic E-state index is 6.54. The van der Waals surface area contributed by atoms with Gasteiger partial charge in [-0.05, 0) is 70.4 Å². The summed E-state index contributed by atoms with van der Waals surface area (Å²) in [5.41, 5.74) is 10.3. The number of furan rings is 2. The van der Waals surface area contributed by atoms with E-state index in [1.54, 1.807) is 0 Å². The van der Waals surface area contributed by atoms with Crippen LogP contribution < -0.4 is 0 Å². The van der Waals surface area contributed by atoms with Crippen LogP contribution in [0.25, 0.3) is 125 Å². The van der Waals surface area contributed by atoms with Gasteiger partial charge in [-0.1, -0.05) is 78.9 Å². The lowest BCUT2D eigenvalue weighted by Crippen LogP contribution is -2.03. The highest BCUT2D eigenvalue weighted by molar-refractivity contribution is 7.25. The Hall–Kier alpha value is -6.50. The average molecular weight is 656 g/mol. The first kappa shape index (κ1) is 25.5. The molecule has 0 saturated carbocycles. The Morgan fingerprint density at radius 1 is 0.460 bits per heavy atom. The fourth-order valence-electron chi connectivity index (χ4n) is 8.77. The highest BCUT2D eigenvalue weighted by Crippen LogP contribution is 2.51. The van der Waals surface area contributed by atoms with Crippen LogP contribution in [-0.2, 0) is 0 Å². The Balaban J connectivity index is 1.28. The maximum Gasteiger partial charge on any atom is 0.248 e. The zero-order valence-corrected chi connectivity index (χ0v) is 27.0. The summed E-state index contributed by atoms with van der Waals surface area (Å²) in [5.74, 6) is 0.740. The fraction of sp³-hybridized carbons (Fsp3) is 0. The topological polar surface area (TPSA) is 57.0 Å². The second-order valence-corrected chi connectivity index (χ2v) is 14.3. The monoisotopic (exact) mass is 655 g/mol. The van der Waals surface area contributed by atoms with E-state index in [0.29, 0.717) is 5.71 Å². The summed E-state index contributed by atoms with van der Waals surface area (Å²) in [6.07, 6.45) is 0. The van der Waals surface area contributed by atoms with Crippen LogP contribution in [-0.4, -0.2) is 14.5 Å². The number of hydrogen-bond acceptors (Lipinski definition) is 5. The van der Waals surface area contributed by atoms with Gasteiger partial charge in [0.15, 0.2) is 5.82 Å². The molecule has 0 atom stereocenters. The Morgan fingerprint density at radius 3 is 2.10 bits per heavy atom. The summed E-state index contributed by atoms with van der Waals surface area (Å²) in [6, 6.07) is 45.1. The van der Waals surface area contributed by atoms with Crippen molar-refractivity contribution in [1.29, 1.82) is 0 Å². The Bertz CT molecular complexity index is 3510. The number of aromatic nitrogens is 3. The van der Waals surface area contributed by atoms with Gasteiger partial charge in [0.25, 0.3) is 0 Å². The molecule has 5 heterocycles. The molecule has 1 aliphatic rings. The molecule has 0 unspecified atom stereocenters. The molecule has 0 fully saturated rings. The molecular formula is C44H21N3O2S. The number of hydrogen-bond donors (Lipinski definition) is 0. The SMILES string of the molecule is c1cc2c3c(c1)ccc1c3c3c4c(ccc3n1-c1nc3oc5ccccc5c3nc1-c1cccc3sc5ccccc5c13)oc1cccc-2c14. The van der Waals surface area contributed by atoms with Gasteiger partial charge in [0.2, 0.25) is 5.71 Å². The maximum atomic E-state index is 6.54. The molecule has 0 N–H and O–H groups in total. The first-order valence-electron chi connectivity index (χ1n) is 16.7. The van der Waals surface area contributed by atoms with Crippen molar-refractivity contribution in [3.63, 3.8) is 0 Å². The summed E-state index contributed by atoms with van der Waals surface area (Å²) >= 11 is 1.81. The Labute approximate surface area is 286 Å². The minimum Gasteiger partial charge on any atom is -0.456 e. The van der Waals surface area contributed by atoms with Crippen LogP contribution in [0.2, 0.25) is 0 Å². The van der Waals surface area contributed by atoms with Gasteiger partial charge in [-0.25, -0.2) is 4.98 Å². The molecule has 13 rings (SSSR count). The van der Waals surface area contributed by atoms with Gasteiger partial charge in [-0.3, -0.25) is 4.57 Å². The summed E-state index contributed by atoms with van der Waals surface area (Å²) < 4.78 is 17.8. The number of nitrogens with zero attached hydrogens (tertiary/aromatic N) is 3. The van der Waals surface area contributed by atoms with Crippen molar-refractivity contribution in [2.45, 2.75) is 0 Å². The van der Waals surface area contributed by atoms with Crippen molar-refractivity contribution < 1.29 is 8.83 Å². The predicted octanol–water partition coefficient (Wildman–Crippen LogP) is 12.5. The number of thiophene rings is 1. The number of benzene rings is 7. The molecule has 230 valence electrons. The normalized spacial score (nSPS) is 12.8. The molecule has 0 radical (unpaired) electrons. The largest absolute Gasteiger partial charge is 0.456 e. The van der Waals surface area contributed by atoms with Crippen molar-refractivity contribution >= 4 is 108 Å². The van der Waals surface area contributed by atoms with E-state index < -0.39 is 0 Å². The van der Waals surface area contributed by atoms with E-state index >= 15 is 0 Å². The van der Waals surface area contributed by atoms with E-state index in [1.807, 2.05) is 29.5 Å². The summed E-state index contributed by atoms with van der Waals surface area (Å²) in [7, 11) is 0. The third kappa shape index (κ3) is 2.97. The summed E-state index contributed by atoms with van der Waals surface area (Å²) in [4.78, 5) is 11.0. The molecule has 0 aliphatic heterocycles. The minimum absolute atomic E-state index is 0.521. The lowest BCUT2D eigenvalue weighted by atomic mass is 9.95. The van der Waals surface area contributed by atoms with Crippen molar-refractivity contribution in [1.82, 2.24) is 14.5 Å². The highest BCUT2D eigenvalue weighted by atomic mass is 32.1. The molecule has 0 bridgehead atoms. The zero-order chi connectivity index (χ0) is 32.2. The van der Waals surface area contributed by atoms with Gasteiger partial charge >= 0.3 is 0 Å². The molecule has 0 amide bonds. The standard InChI is InChI=1S/C44H21N3O2S/c1-3-14-30-25(9-1)42-44(49-30)46-43(41(45-42)27-13-7-17-34-36(27)26-10-2-4-16-33(26)50-34)47-28-19-18-22-8-5-11-23-24-12-6-15-31-37(24)40-32(48-31)21-20-29(47)39(40)38(28)35(22)23/h1-21H. The molecule has 12 aromatic rings. The second kappa shape index (κ2) is 8.74. The van der Waals surface area contributed by atoms with Crippen LogP contribution in [0.1, 0.15) is 0 Å². The lowest BCUT2D eigenvalue weighted by Gasteiger charge is -2.14. The van der Waals surface area contributed by atoms with Crippen LogP contribution >= 0.6 is 11.3 Å². The minimum atomic E-state index is 0.521. The van der Waals surface area contributed by atoms with E-state index in [9.17, 15) is 0 Å². The molecule has 1 aliphatic carbocycles. The molecule has 0 saturated heterocycles. The van der Waals surface area contributed by atoms with Gasteiger partial charge in [-0.15, -0.1) is 11.3 Å². The van der Waals surface area contributed by atoms with Crippen LogP contribution in [0.15, 0.2) is 136 Å². The molecular weight excluding hydrogens is 635 g/mol. The quantitative estimate of drug-likeness (QED) is 0.186. The van der Waals surface area contributed by atoms with Gasteiger partial charge in [0.05, 0.1) is 11.0 Å². The first-order chi connectivity index (χ1) is 24.8. The summed E-state index contributed by atoms with van der Waals surface area (Å²) in [6.45, 7) is 0. The van der Waals surface area contributed by atoms with Gasteiger partial charge in [0, 0.05) is 52.7 Å². The molecule has 5 aromatic heterocycles. The zero-order valence-electron chi connectivity index (χ0n) is 26.2. The van der Waals surface area contributed by atoms with Crippen LogP contribution in [0, 0.1) is 0 Å². The van der Waals surface area contributed by atoms with Gasteiger partial charge in [0.1, 0.15) is 28.0 Å². The smallest absolute Gasteiger partial charge is 0.248 e. The Morgan fingerprint density at radius 2 is 1.16 bits per heavy atom. The van der Waals surface area contributed by atoms with E-state index in [0.717, 1.165) is 66.5 Å². The van der Waals surface area contributed by atoms with E-state index in [-0.39, 0.29) is 0 Å². The third-order valence-corrected chi connectivity index (χ3v) is 11.9. The van der Waals surface area contributed by atoms with Crippen molar-refractivity contribution in [2.24, 2.45) is 0 Å².